The molecular weight excluding hydrogens is 463 g/mol. The van der Waals surface area contributed by atoms with Crippen LogP contribution in [0.4, 0.5) is 0 Å². The summed E-state index contributed by atoms with van der Waals surface area (Å²) in [4.78, 5) is 33.6. The summed E-state index contributed by atoms with van der Waals surface area (Å²) in [5.41, 5.74) is 0.935. The lowest BCUT2D eigenvalue weighted by molar-refractivity contribution is 0.0690. The summed E-state index contributed by atoms with van der Waals surface area (Å²) in [7, 11) is 1.54. The molecule has 0 bridgehead atoms. The lowest BCUT2D eigenvalue weighted by Gasteiger charge is -2.25. The SMILES string of the molecule is COc1ccc(-c2cccc(C(=O)O)n2)cc1CC1(C(=O)c2ccc(Cl)cc2Cl)C=CC=N1. The molecule has 8 heteroatoms. The van der Waals surface area contributed by atoms with E-state index >= 15 is 0 Å². The fourth-order valence-corrected chi connectivity index (χ4v) is 4.22. The van der Waals surface area contributed by atoms with E-state index in [1.54, 1.807) is 61.9 Å². The molecule has 1 N–H and O–H groups in total. The second-order valence-corrected chi connectivity index (χ2v) is 8.28. The van der Waals surface area contributed by atoms with Gasteiger partial charge in [0, 0.05) is 28.8 Å². The first-order valence-corrected chi connectivity index (χ1v) is 10.7. The molecule has 3 aromatic rings. The normalized spacial score (nSPS) is 16.7. The molecule has 0 amide bonds. The number of methoxy groups -OCH3 is 1. The molecule has 0 saturated heterocycles. The zero-order valence-electron chi connectivity index (χ0n) is 17.5. The van der Waals surface area contributed by atoms with Crippen LogP contribution < -0.4 is 4.74 Å². The topological polar surface area (TPSA) is 88.9 Å². The van der Waals surface area contributed by atoms with Crippen LogP contribution in [0.1, 0.15) is 26.4 Å². The number of halogens is 2. The highest BCUT2D eigenvalue weighted by Gasteiger charge is 2.39. The highest BCUT2D eigenvalue weighted by atomic mass is 35.5. The molecule has 2 heterocycles. The quantitative estimate of drug-likeness (QED) is 0.446. The molecule has 4 rings (SSSR count). The van der Waals surface area contributed by atoms with Gasteiger partial charge in [-0.05, 0) is 66.2 Å². The second kappa shape index (κ2) is 9.17. The minimum atomic E-state index is -1.21. The molecule has 0 aliphatic carbocycles. The minimum absolute atomic E-state index is 0.0581. The summed E-state index contributed by atoms with van der Waals surface area (Å²) in [6.07, 6.45) is 5.23. The van der Waals surface area contributed by atoms with E-state index in [-0.39, 0.29) is 22.9 Å². The first kappa shape index (κ1) is 22.7. The lowest BCUT2D eigenvalue weighted by Crippen LogP contribution is -2.36. The maximum absolute atomic E-state index is 13.6. The molecule has 0 saturated carbocycles. The van der Waals surface area contributed by atoms with Crippen LogP contribution in [0.5, 0.6) is 5.75 Å². The Hall–Kier alpha value is -3.48. The Balaban J connectivity index is 1.76. The van der Waals surface area contributed by atoms with E-state index in [1.807, 2.05) is 6.07 Å². The van der Waals surface area contributed by atoms with Crippen LogP contribution in [0.3, 0.4) is 0 Å². The van der Waals surface area contributed by atoms with E-state index in [0.29, 0.717) is 33.2 Å². The van der Waals surface area contributed by atoms with E-state index in [9.17, 15) is 14.7 Å². The van der Waals surface area contributed by atoms with Crippen molar-refractivity contribution in [2.75, 3.05) is 7.11 Å². The minimum Gasteiger partial charge on any atom is -0.496 e. The van der Waals surface area contributed by atoms with Crippen molar-refractivity contribution in [3.05, 3.63) is 93.6 Å². The molecule has 0 fully saturated rings. The maximum atomic E-state index is 13.6. The Morgan fingerprint density at radius 1 is 1.09 bits per heavy atom. The smallest absolute Gasteiger partial charge is 0.354 e. The van der Waals surface area contributed by atoms with Crippen molar-refractivity contribution in [3.63, 3.8) is 0 Å². The summed E-state index contributed by atoms with van der Waals surface area (Å²) >= 11 is 12.3. The third kappa shape index (κ3) is 4.53. The largest absolute Gasteiger partial charge is 0.496 e. The van der Waals surface area contributed by atoms with Crippen molar-refractivity contribution >= 4 is 41.2 Å². The Morgan fingerprint density at radius 2 is 1.91 bits per heavy atom. The summed E-state index contributed by atoms with van der Waals surface area (Å²) in [6.45, 7) is 0. The average Bonchev–Trinajstić information content (AvgIpc) is 3.28. The number of benzene rings is 2. The molecule has 33 heavy (non-hydrogen) atoms. The van der Waals surface area contributed by atoms with Crippen LogP contribution in [0.15, 0.2) is 71.7 Å². The molecule has 1 aliphatic heterocycles. The van der Waals surface area contributed by atoms with Crippen LogP contribution in [0, 0.1) is 0 Å². The number of allylic oxidation sites excluding steroid dienone is 1. The van der Waals surface area contributed by atoms with E-state index in [4.69, 9.17) is 27.9 Å². The van der Waals surface area contributed by atoms with Crippen LogP contribution in [-0.2, 0) is 6.42 Å². The van der Waals surface area contributed by atoms with E-state index < -0.39 is 11.5 Å². The van der Waals surface area contributed by atoms with Crippen molar-refractivity contribution < 1.29 is 19.4 Å². The van der Waals surface area contributed by atoms with Gasteiger partial charge >= 0.3 is 5.97 Å². The zero-order valence-corrected chi connectivity index (χ0v) is 19.0. The van der Waals surface area contributed by atoms with E-state index in [0.717, 1.165) is 0 Å². The van der Waals surface area contributed by atoms with Gasteiger partial charge in [0.2, 0.25) is 0 Å². The van der Waals surface area contributed by atoms with Gasteiger partial charge in [-0.2, -0.15) is 0 Å². The second-order valence-electron chi connectivity index (χ2n) is 7.43. The predicted molar refractivity (Wildman–Crippen MR) is 128 cm³/mol. The molecule has 1 unspecified atom stereocenters. The number of nitrogens with zero attached hydrogens (tertiary/aromatic N) is 2. The number of aromatic carboxylic acids is 1. The molecule has 1 aliphatic rings. The van der Waals surface area contributed by atoms with Gasteiger partial charge in [-0.3, -0.25) is 9.79 Å². The van der Waals surface area contributed by atoms with Crippen molar-refractivity contribution in [3.8, 4) is 17.0 Å². The standard InChI is InChI=1S/C25H18Cl2N2O4/c1-33-22-9-6-15(20-4-2-5-21(29-20)24(31)32)12-16(22)14-25(10-3-11-28-25)23(30)18-8-7-17(26)13-19(18)27/h2-13H,14H2,1H3,(H,31,32). The van der Waals surface area contributed by atoms with Crippen LogP contribution in [-0.4, -0.2) is 40.7 Å². The van der Waals surface area contributed by atoms with Crippen LogP contribution in [0.25, 0.3) is 11.3 Å². The van der Waals surface area contributed by atoms with Crippen molar-refractivity contribution in [2.24, 2.45) is 4.99 Å². The first-order chi connectivity index (χ1) is 15.8. The number of ether oxygens (including phenoxy) is 1. The zero-order chi connectivity index (χ0) is 23.6. The number of carbonyl (C=O) groups is 2. The fraction of sp³-hybridized carbons (Fsp3) is 0.120. The average molecular weight is 481 g/mol. The number of carboxylic acids is 1. The number of ketones is 1. The molecule has 0 spiro atoms. The van der Waals surface area contributed by atoms with Crippen molar-refractivity contribution in [1.82, 2.24) is 4.98 Å². The molecule has 6 nitrogen and oxygen atoms in total. The number of hydrogen-bond acceptors (Lipinski definition) is 5. The van der Waals surface area contributed by atoms with Gasteiger partial charge in [-0.25, -0.2) is 9.78 Å². The van der Waals surface area contributed by atoms with Crippen molar-refractivity contribution in [1.29, 1.82) is 0 Å². The van der Waals surface area contributed by atoms with Crippen LogP contribution in [0.2, 0.25) is 10.0 Å². The summed E-state index contributed by atoms with van der Waals surface area (Å²) in [5.74, 6) is -0.814. The Morgan fingerprint density at radius 3 is 2.58 bits per heavy atom. The number of aliphatic imine (C=N–C) groups is 1. The number of carboxylic acid groups (broad SMARTS) is 1. The van der Waals surface area contributed by atoms with Crippen LogP contribution >= 0.6 is 23.2 Å². The number of aromatic nitrogens is 1. The highest BCUT2D eigenvalue weighted by Crippen LogP contribution is 2.35. The Kier molecular flexibility index (Phi) is 6.31. The summed E-state index contributed by atoms with van der Waals surface area (Å²) in [6, 6.07) is 14.9. The van der Waals surface area contributed by atoms with Gasteiger partial charge in [-0.15, -0.1) is 0 Å². The fourth-order valence-electron chi connectivity index (χ4n) is 3.73. The maximum Gasteiger partial charge on any atom is 0.354 e. The first-order valence-electron chi connectivity index (χ1n) is 9.93. The Bertz CT molecular complexity index is 1310. The number of Topliss-reactive ketones (excluding diaryl/α,β-unsaturated/α-hetero) is 1. The summed E-state index contributed by atoms with van der Waals surface area (Å²) in [5, 5.41) is 9.94. The van der Waals surface area contributed by atoms with E-state index in [1.165, 1.54) is 12.1 Å². The van der Waals surface area contributed by atoms with Gasteiger partial charge in [0.1, 0.15) is 17.0 Å². The molecule has 1 aromatic heterocycles. The van der Waals surface area contributed by atoms with Gasteiger partial charge in [-0.1, -0.05) is 29.3 Å². The number of rotatable bonds is 7. The number of hydrogen-bond donors (Lipinski definition) is 1. The van der Waals surface area contributed by atoms with Gasteiger partial charge in [0.25, 0.3) is 0 Å². The van der Waals surface area contributed by atoms with Gasteiger partial charge in [0.15, 0.2) is 5.78 Å². The van der Waals surface area contributed by atoms with E-state index in [2.05, 4.69) is 9.98 Å². The number of carbonyl (C=O) groups excluding carboxylic acids is 1. The highest BCUT2D eigenvalue weighted by molar-refractivity contribution is 6.37. The number of pyridine rings is 1. The molecule has 166 valence electrons. The molecular formula is C25H18Cl2N2O4. The summed E-state index contributed by atoms with van der Waals surface area (Å²) < 4.78 is 5.53. The third-order valence-electron chi connectivity index (χ3n) is 5.34. The third-order valence-corrected chi connectivity index (χ3v) is 5.88. The Labute approximate surface area is 200 Å². The molecule has 2 aromatic carbocycles. The lowest BCUT2D eigenvalue weighted by atomic mass is 9.83. The van der Waals surface area contributed by atoms with Gasteiger partial charge in [0.05, 0.1) is 17.8 Å². The predicted octanol–water partition coefficient (Wildman–Crippen LogP) is 5.57. The monoisotopic (exact) mass is 480 g/mol. The molecule has 0 radical (unpaired) electrons. The van der Waals surface area contributed by atoms with Crippen molar-refractivity contribution in [2.45, 2.75) is 12.0 Å². The van der Waals surface area contributed by atoms with Gasteiger partial charge < -0.3 is 9.84 Å². The molecule has 1 atom stereocenters.